The number of allylic oxidation sites excluding steroid dienone is 7. The van der Waals surface area contributed by atoms with Crippen LogP contribution in [-0.4, -0.2) is 47.4 Å². The summed E-state index contributed by atoms with van der Waals surface area (Å²) in [6.45, 7) is 4.84. The second-order valence-corrected chi connectivity index (χ2v) is 18.9. The van der Waals surface area contributed by atoms with E-state index in [1.807, 2.05) is 6.08 Å². The van der Waals surface area contributed by atoms with E-state index in [4.69, 9.17) is 4.74 Å². The number of hydrogen-bond acceptors (Lipinski definition) is 5. The normalized spacial score (nSPS) is 13.0. The van der Waals surface area contributed by atoms with Crippen LogP contribution in [0.5, 0.6) is 0 Å². The maximum Gasteiger partial charge on any atom is 0.305 e. The zero-order valence-corrected chi connectivity index (χ0v) is 42.5. The number of aliphatic hydroxyl groups excluding tert-OH is 2. The van der Waals surface area contributed by atoms with Crippen LogP contribution in [0.3, 0.4) is 0 Å². The average molecular weight is 898 g/mol. The number of carbonyl (C=O) groups is 2. The summed E-state index contributed by atoms with van der Waals surface area (Å²) in [5.41, 5.74) is 0. The highest BCUT2D eigenvalue weighted by Crippen LogP contribution is 2.15. The van der Waals surface area contributed by atoms with Gasteiger partial charge in [0.2, 0.25) is 5.91 Å². The molecule has 3 N–H and O–H groups in total. The Bertz CT molecular complexity index is 1080. The molecular weight excluding hydrogens is 791 g/mol. The fourth-order valence-electron chi connectivity index (χ4n) is 8.25. The summed E-state index contributed by atoms with van der Waals surface area (Å²) < 4.78 is 5.44. The number of carbonyl (C=O) groups excluding carboxylic acids is 2. The van der Waals surface area contributed by atoms with E-state index < -0.39 is 12.1 Å². The number of amides is 1. The van der Waals surface area contributed by atoms with Gasteiger partial charge >= 0.3 is 5.97 Å². The minimum Gasteiger partial charge on any atom is -0.466 e. The summed E-state index contributed by atoms with van der Waals surface area (Å²) in [4.78, 5) is 24.5. The lowest BCUT2D eigenvalue weighted by atomic mass is 10.0. The topological polar surface area (TPSA) is 95.9 Å². The van der Waals surface area contributed by atoms with Crippen LogP contribution in [0.2, 0.25) is 0 Å². The zero-order valence-electron chi connectivity index (χ0n) is 42.5. The van der Waals surface area contributed by atoms with E-state index in [-0.39, 0.29) is 18.5 Å². The van der Waals surface area contributed by atoms with Gasteiger partial charge in [-0.1, -0.05) is 223 Å². The predicted molar refractivity (Wildman–Crippen MR) is 278 cm³/mol. The molecule has 0 aliphatic carbocycles. The molecule has 0 heterocycles. The van der Waals surface area contributed by atoms with Gasteiger partial charge in [0.25, 0.3) is 0 Å². The van der Waals surface area contributed by atoms with Gasteiger partial charge in [-0.25, -0.2) is 0 Å². The number of unbranched alkanes of at least 4 members (excludes halogenated alkanes) is 34. The van der Waals surface area contributed by atoms with Crippen LogP contribution < -0.4 is 5.32 Å². The third-order valence-electron chi connectivity index (χ3n) is 12.6. The highest BCUT2D eigenvalue weighted by atomic mass is 16.5. The van der Waals surface area contributed by atoms with E-state index >= 15 is 0 Å². The zero-order chi connectivity index (χ0) is 46.5. The largest absolute Gasteiger partial charge is 0.466 e. The Morgan fingerprint density at radius 1 is 0.438 bits per heavy atom. The summed E-state index contributed by atoms with van der Waals surface area (Å²) in [5.74, 6) is -0.110. The van der Waals surface area contributed by atoms with Crippen molar-refractivity contribution in [3.63, 3.8) is 0 Å². The van der Waals surface area contributed by atoms with E-state index in [9.17, 15) is 19.8 Å². The molecule has 0 saturated heterocycles. The summed E-state index contributed by atoms with van der Waals surface area (Å²) in [5, 5.41) is 23.1. The van der Waals surface area contributed by atoms with Crippen LogP contribution in [0, 0.1) is 0 Å². The minimum atomic E-state index is -0.856. The van der Waals surface area contributed by atoms with Crippen molar-refractivity contribution < 1.29 is 24.5 Å². The lowest BCUT2D eigenvalue weighted by Gasteiger charge is -2.20. The van der Waals surface area contributed by atoms with Crippen LogP contribution >= 0.6 is 0 Å². The molecule has 1 amide bonds. The van der Waals surface area contributed by atoms with Gasteiger partial charge in [-0.05, 0) is 96.3 Å². The molecule has 0 aliphatic rings. The Hall–Kier alpha value is -2.18. The number of esters is 1. The molecule has 0 aliphatic heterocycles. The highest BCUT2D eigenvalue weighted by molar-refractivity contribution is 5.76. The number of aliphatic hydroxyl groups is 2. The molecule has 374 valence electrons. The molecule has 6 heteroatoms. The van der Waals surface area contributed by atoms with E-state index in [1.165, 1.54) is 173 Å². The van der Waals surface area contributed by atoms with Gasteiger partial charge in [0, 0.05) is 12.8 Å². The maximum absolute atomic E-state index is 12.4. The molecule has 0 bridgehead atoms. The smallest absolute Gasteiger partial charge is 0.305 e. The fraction of sp³-hybridized carbons (Fsp3) is 0.828. The van der Waals surface area contributed by atoms with E-state index in [2.05, 4.69) is 55.6 Å². The first kappa shape index (κ1) is 61.8. The molecule has 6 nitrogen and oxygen atoms in total. The molecule has 0 rings (SSSR count). The predicted octanol–water partition coefficient (Wildman–Crippen LogP) is 17.0. The SMILES string of the molecule is CCCCCCC/C=C\CCCCCCCC(=O)OCCCCC/C=C\C/C=C\CCCCCCCCCC(=O)NC(CO)C(O)/C=C/CCCCCCCCCCCCCCCC. The van der Waals surface area contributed by atoms with Gasteiger partial charge in [0.1, 0.15) is 0 Å². The Balaban J connectivity index is 3.54. The molecule has 0 saturated carbocycles. The van der Waals surface area contributed by atoms with Gasteiger partial charge < -0.3 is 20.3 Å². The Kier molecular flexibility index (Phi) is 51.6. The molecule has 0 aromatic carbocycles. The van der Waals surface area contributed by atoms with E-state index in [1.54, 1.807) is 6.08 Å². The number of ether oxygens (including phenoxy) is 1. The molecule has 2 atom stereocenters. The second-order valence-electron chi connectivity index (χ2n) is 18.9. The summed E-state index contributed by atoms with van der Waals surface area (Å²) in [7, 11) is 0. The van der Waals surface area contributed by atoms with Crippen molar-refractivity contribution >= 4 is 11.9 Å². The maximum atomic E-state index is 12.4. The first-order valence-electron chi connectivity index (χ1n) is 27.9. The van der Waals surface area contributed by atoms with Gasteiger partial charge in [-0.3, -0.25) is 9.59 Å². The van der Waals surface area contributed by atoms with Crippen LogP contribution in [0.4, 0.5) is 0 Å². The van der Waals surface area contributed by atoms with Crippen LogP contribution in [0.1, 0.15) is 284 Å². The Labute approximate surface area is 397 Å². The molecule has 0 fully saturated rings. The van der Waals surface area contributed by atoms with Crippen molar-refractivity contribution in [2.45, 2.75) is 296 Å². The van der Waals surface area contributed by atoms with E-state index in [0.29, 0.717) is 19.4 Å². The quantitative estimate of drug-likeness (QED) is 0.0321. The minimum absolute atomic E-state index is 0.0255. The molecule has 0 aromatic rings. The number of rotatable bonds is 51. The summed E-state index contributed by atoms with van der Waals surface area (Å²) in [6, 6.07) is -0.641. The molecule has 2 unspecified atom stereocenters. The van der Waals surface area contributed by atoms with Crippen molar-refractivity contribution in [2.24, 2.45) is 0 Å². The Morgan fingerprint density at radius 2 is 0.781 bits per heavy atom. The monoisotopic (exact) mass is 898 g/mol. The first-order valence-corrected chi connectivity index (χ1v) is 27.9. The van der Waals surface area contributed by atoms with Crippen LogP contribution in [-0.2, 0) is 14.3 Å². The summed E-state index contributed by atoms with van der Waals surface area (Å²) in [6.07, 6.45) is 66.9. The summed E-state index contributed by atoms with van der Waals surface area (Å²) >= 11 is 0. The molecule has 0 spiro atoms. The van der Waals surface area contributed by atoms with Crippen molar-refractivity contribution in [3.8, 4) is 0 Å². The van der Waals surface area contributed by atoms with Crippen LogP contribution in [0.25, 0.3) is 0 Å². The lowest BCUT2D eigenvalue weighted by Crippen LogP contribution is -2.45. The first-order chi connectivity index (χ1) is 31.5. The second kappa shape index (κ2) is 53.4. The van der Waals surface area contributed by atoms with Gasteiger partial charge in [0.15, 0.2) is 0 Å². The standard InChI is InChI=1S/C58H107NO5/c1-3-5-7-9-11-13-15-17-19-23-26-30-34-38-42-46-50-56(61)55(54-60)59-57(62)51-47-43-39-35-31-27-24-21-20-22-25-29-33-37-41-45-49-53-64-58(63)52-48-44-40-36-32-28-18-16-14-12-10-8-6-4-2/h16,18,20,22,29,33,46,50,55-56,60-61H,3-15,17,19,21,23-28,30-32,34-45,47-49,51-54H2,1-2H3,(H,59,62)/b18-16-,22-20-,33-29-,50-46+. The molecule has 0 aromatic heterocycles. The number of hydrogen-bond donors (Lipinski definition) is 3. The Morgan fingerprint density at radius 3 is 1.20 bits per heavy atom. The van der Waals surface area contributed by atoms with Crippen LogP contribution in [0.15, 0.2) is 48.6 Å². The third kappa shape index (κ3) is 49.3. The lowest BCUT2D eigenvalue weighted by molar-refractivity contribution is -0.143. The van der Waals surface area contributed by atoms with Gasteiger partial charge in [-0.15, -0.1) is 0 Å². The molecular formula is C58H107NO5. The van der Waals surface area contributed by atoms with E-state index in [0.717, 1.165) is 83.5 Å². The fourth-order valence-corrected chi connectivity index (χ4v) is 8.25. The average Bonchev–Trinajstić information content (AvgIpc) is 3.29. The number of nitrogens with one attached hydrogen (secondary N) is 1. The van der Waals surface area contributed by atoms with Crippen molar-refractivity contribution in [1.29, 1.82) is 0 Å². The van der Waals surface area contributed by atoms with Gasteiger partial charge in [-0.2, -0.15) is 0 Å². The molecule has 0 radical (unpaired) electrons. The highest BCUT2D eigenvalue weighted by Gasteiger charge is 2.18. The van der Waals surface area contributed by atoms with Crippen molar-refractivity contribution in [1.82, 2.24) is 5.32 Å². The van der Waals surface area contributed by atoms with Crippen molar-refractivity contribution in [2.75, 3.05) is 13.2 Å². The van der Waals surface area contributed by atoms with Crippen molar-refractivity contribution in [3.05, 3.63) is 48.6 Å². The van der Waals surface area contributed by atoms with Gasteiger partial charge in [0.05, 0.1) is 25.4 Å². The molecule has 64 heavy (non-hydrogen) atoms. The third-order valence-corrected chi connectivity index (χ3v) is 12.6.